The summed E-state index contributed by atoms with van der Waals surface area (Å²) < 4.78 is 51.1. The van der Waals surface area contributed by atoms with Gasteiger partial charge in [0.05, 0.1) is 23.6 Å². The van der Waals surface area contributed by atoms with E-state index in [0.29, 0.717) is 5.56 Å². The van der Waals surface area contributed by atoms with Gasteiger partial charge in [-0.3, -0.25) is 14.6 Å². The summed E-state index contributed by atoms with van der Waals surface area (Å²) in [6.45, 7) is 0. The molecule has 1 N–H and O–H groups in total. The molecule has 2 aliphatic rings. The lowest BCUT2D eigenvalue weighted by atomic mass is 9.71. The summed E-state index contributed by atoms with van der Waals surface area (Å²) in [7, 11) is 1.10. The van der Waals surface area contributed by atoms with Gasteiger partial charge in [0.1, 0.15) is 17.4 Å². The van der Waals surface area contributed by atoms with Crippen LogP contribution in [0.4, 0.5) is 13.2 Å². The van der Waals surface area contributed by atoms with Crippen LogP contribution in [0.1, 0.15) is 28.3 Å². The number of pyridine rings is 1. The van der Waals surface area contributed by atoms with Crippen molar-refractivity contribution in [3.63, 3.8) is 0 Å². The number of hydrogen-bond acceptors (Lipinski definition) is 6. The van der Waals surface area contributed by atoms with Crippen LogP contribution in [0.3, 0.4) is 0 Å². The van der Waals surface area contributed by atoms with Crippen molar-refractivity contribution in [2.75, 3.05) is 7.11 Å². The summed E-state index contributed by atoms with van der Waals surface area (Å²) in [5.74, 6) is -4.57. The van der Waals surface area contributed by atoms with Crippen LogP contribution >= 0.6 is 11.6 Å². The molecule has 10 heteroatoms. The molecule has 2 aromatic carbocycles. The maximum absolute atomic E-state index is 13.9. The normalized spacial score (nSPS) is 27.2. The van der Waals surface area contributed by atoms with Gasteiger partial charge in [-0.1, -0.05) is 54.1 Å². The quantitative estimate of drug-likeness (QED) is 0.421. The Morgan fingerprint density at radius 1 is 1.14 bits per heavy atom. The highest BCUT2D eigenvalue weighted by Gasteiger charge is 2.78. The summed E-state index contributed by atoms with van der Waals surface area (Å²) in [5.41, 5.74) is -5.18. The van der Waals surface area contributed by atoms with E-state index in [2.05, 4.69) is 4.98 Å². The SMILES string of the molecule is COC(=O)[C@H]1C(=O)[C@@]2(O)c3ncc(Cl)cc3O[C@@]2(c2ccc(C(F)(F)F)cc2)[C@@H]1c1ccccc1. The number of carbonyl (C=O) groups excluding carboxylic acids is 2. The summed E-state index contributed by atoms with van der Waals surface area (Å²) in [6.07, 6.45) is -3.40. The van der Waals surface area contributed by atoms with Crippen LogP contribution in [0.15, 0.2) is 66.9 Å². The summed E-state index contributed by atoms with van der Waals surface area (Å²) >= 11 is 6.07. The van der Waals surface area contributed by atoms with Crippen LogP contribution in [0.25, 0.3) is 0 Å². The van der Waals surface area contributed by atoms with E-state index in [1.165, 1.54) is 12.3 Å². The lowest BCUT2D eigenvalue weighted by molar-refractivity contribution is -0.156. The number of halogens is 4. The molecule has 180 valence electrons. The minimum Gasteiger partial charge on any atom is -0.476 e. The molecule has 0 unspecified atom stereocenters. The maximum atomic E-state index is 13.9. The second kappa shape index (κ2) is 7.79. The zero-order chi connectivity index (χ0) is 25.2. The van der Waals surface area contributed by atoms with Crippen molar-refractivity contribution in [1.82, 2.24) is 4.98 Å². The van der Waals surface area contributed by atoms with Crippen molar-refractivity contribution in [2.24, 2.45) is 5.92 Å². The zero-order valence-electron chi connectivity index (χ0n) is 18.0. The fourth-order valence-electron chi connectivity index (χ4n) is 5.20. The Labute approximate surface area is 202 Å². The number of esters is 1. The van der Waals surface area contributed by atoms with Crippen LogP contribution in [0, 0.1) is 5.92 Å². The first-order chi connectivity index (χ1) is 16.6. The highest BCUT2D eigenvalue weighted by atomic mass is 35.5. The van der Waals surface area contributed by atoms with E-state index in [9.17, 15) is 27.9 Å². The Hall–Kier alpha value is -3.43. The first-order valence-electron chi connectivity index (χ1n) is 10.5. The number of carbonyl (C=O) groups is 2. The predicted molar refractivity (Wildman–Crippen MR) is 117 cm³/mol. The Balaban J connectivity index is 1.84. The molecule has 0 saturated heterocycles. The molecule has 1 aromatic heterocycles. The van der Waals surface area contributed by atoms with Gasteiger partial charge in [0.2, 0.25) is 5.60 Å². The van der Waals surface area contributed by atoms with E-state index in [1.807, 2.05) is 0 Å². The molecule has 1 aliphatic carbocycles. The van der Waals surface area contributed by atoms with Gasteiger partial charge in [-0.05, 0) is 23.3 Å². The van der Waals surface area contributed by atoms with E-state index in [-0.39, 0.29) is 22.0 Å². The molecule has 4 atom stereocenters. The molecule has 0 amide bonds. The van der Waals surface area contributed by atoms with Gasteiger partial charge in [0, 0.05) is 12.3 Å². The number of Topliss-reactive ketones (excluding diaryl/α,β-unsaturated/α-hetero) is 1. The van der Waals surface area contributed by atoms with Crippen molar-refractivity contribution >= 4 is 23.4 Å². The average molecular weight is 504 g/mol. The number of ketones is 1. The molecular weight excluding hydrogens is 487 g/mol. The third-order valence-corrected chi connectivity index (χ3v) is 6.84. The number of rotatable bonds is 3. The highest BCUT2D eigenvalue weighted by molar-refractivity contribution is 6.30. The van der Waals surface area contributed by atoms with Crippen LogP contribution in [-0.2, 0) is 31.7 Å². The van der Waals surface area contributed by atoms with Crippen molar-refractivity contribution < 1.29 is 37.3 Å². The van der Waals surface area contributed by atoms with Gasteiger partial charge in [-0.15, -0.1) is 0 Å². The molecule has 1 aliphatic heterocycles. The van der Waals surface area contributed by atoms with E-state index >= 15 is 0 Å². The largest absolute Gasteiger partial charge is 0.476 e. The second-order valence-corrected chi connectivity index (χ2v) is 8.81. The number of methoxy groups -OCH3 is 1. The van der Waals surface area contributed by atoms with Gasteiger partial charge in [0.15, 0.2) is 11.4 Å². The molecule has 6 nitrogen and oxygen atoms in total. The highest BCUT2D eigenvalue weighted by Crippen LogP contribution is 2.66. The topological polar surface area (TPSA) is 85.7 Å². The lowest BCUT2D eigenvalue weighted by Crippen LogP contribution is -2.51. The smallest absolute Gasteiger partial charge is 0.416 e. The molecule has 35 heavy (non-hydrogen) atoms. The van der Waals surface area contributed by atoms with Crippen molar-refractivity contribution in [3.05, 3.63) is 94.3 Å². The first kappa shape index (κ1) is 23.3. The maximum Gasteiger partial charge on any atom is 0.416 e. The Morgan fingerprint density at radius 2 is 1.80 bits per heavy atom. The fourth-order valence-corrected chi connectivity index (χ4v) is 5.35. The van der Waals surface area contributed by atoms with E-state index in [0.717, 1.165) is 31.4 Å². The van der Waals surface area contributed by atoms with E-state index in [1.54, 1.807) is 30.3 Å². The van der Waals surface area contributed by atoms with Gasteiger partial charge in [-0.25, -0.2) is 0 Å². The molecule has 0 spiro atoms. The molecule has 1 saturated carbocycles. The number of ether oxygens (including phenoxy) is 2. The van der Waals surface area contributed by atoms with Crippen LogP contribution in [0.2, 0.25) is 5.02 Å². The van der Waals surface area contributed by atoms with Gasteiger partial charge < -0.3 is 14.6 Å². The van der Waals surface area contributed by atoms with Gasteiger partial charge in [0.25, 0.3) is 0 Å². The molecule has 0 radical (unpaired) electrons. The molecule has 3 aromatic rings. The van der Waals surface area contributed by atoms with Gasteiger partial charge in [-0.2, -0.15) is 13.2 Å². The Bertz CT molecular complexity index is 1330. The number of aliphatic hydroxyl groups is 1. The molecule has 2 heterocycles. The number of nitrogens with zero attached hydrogens (tertiary/aromatic N) is 1. The summed E-state index contributed by atoms with van der Waals surface area (Å²) in [5, 5.41) is 12.3. The van der Waals surface area contributed by atoms with Gasteiger partial charge >= 0.3 is 12.1 Å². The van der Waals surface area contributed by atoms with Crippen LogP contribution < -0.4 is 4.74 Å². The summed E-state index contributed by atoms with van der Waals surface area (Å²) in [6, 6.07) is 13.6. The van der Waals surface area contributed by atoms with Crippen LogP contribution in [-0.4, -0.2) is 29.0 Å². The fraction of sp³-hybridized carbons (Fsp3) is 0.240. The number of hydrogen-bond donors (Lipinski definition) is 1. The standard InChI is InChI=1S/C25H17ClF3NO5/c1-34-22(32)18-19(13-5-3-2-4-6-13)24(14-7-9-15(10-8-14)25(27,28)29)23(33,21(18)31)20-17(35-24)11-16(26)12-30-20/h2-12,18-19,33H,1H3/t18-,19-,23+,24+/m1/s1. The van der Waals surface area contributed by atoms with Crippen molar-refractivity contribution in [3.8, 4) is 5.75 Å². The second-order valence-electron chi connectivity index (χ2n) is 8.38. The molecule has 5 rings (SSSR count). The first-order valence-corrected chi connectivity index (χ1v) is 10.9. The number of alkyl halides is 3. The third-order valence-electron chi connectivity index (χ3n) is 6.64. The molecular formula is C25H17ClF3NO5. The van der Waals surface area contributed by atoms with E-state index in [4.69, 9.17) is 21.1 Å². The Morgan fingerprint density at radius 3 is 2.40 bits per heavy atom. The minimum absolute atomic E-state index is 0.0162. The molecule has 1 fully saturated rings. The predicted octanol–water partition coefficient (Wildman–Crippen LogP) is 4.39. The number of fused-ring (bicyclic) bond motifs is 3. The monoisotopic (exact) mass is 503 g/mol. The van der Waals surface area contributed by atoms with Crippen molar-refractivity contribution in [1.29, 1.82) is 0 Å². The van der Waals surface area contributed by atoms with Crippen molar-refractivity contribution in [2.45, 2.75) is 23.3 Å². The number of aromatic nitrogens is 1. The number of benzene rings is 2. The van der Waals surface area contributed by atoms with E-state index < -0.39 is 46.5 Å². The van der Waals surface area contributed by atoms with Crippen LogP contribution in [0.5, 0.6) is 5.75 Å². The third kappa shape index (κ3) is 3.11. The lowest BCUT2D eigenvalue weighted by Gasteiger charge is -2.39. The molecule has 0 bridgehead atoms. The zero-order valence-corrected chi connectivity index (χ0v) is 18.8. The summed E-state index contributed by atoms with van der Waals surface area (Å²) in [4.78, 5) is 30.9. The minimum atomic E-state index is -4.61. The Kier molecular flexibility index (Phi) is 5.19. The average Bonchev–Trinajstić information content (AvgIpc) is 3.21.